The number of nitrogens with one attached hydrogen (secondary N) is 1. The molecule has 4 heteroatoms. The predicted molar refractivity (Wildman–Crippen MR) is 86.8 cm³/mol. The summed E-state index contributed by atoms with van der Waals surface area (Å²) in [5.41, 5.74) is 0.785. The molecule has 2 atom stereocenters. The molecule has 2 saturated heterocycles. The minimum atomic E-state index is 0.128. The number of amides is 1. The summed E-state index contributed by atoms with van der Waals surface area (Å²) in [6.07, 6.45) is 8.23. The molecule has 1 amide bonds. The SMILES string of the molecule is CN(C(=O)c1cccc2cnccc12)C1CC2CCC(C1)N2. The highest BCUT2D eigenvalue weighted by Crippen LogP contribution is 2.30. The highest BCUT2D eigenvalue weighted by molar-refractivity contribution is 6.06. The van der Waals surface area contributed by atoms with Crippen LogP contribution in [-0.4, -0.2) is 41.0 Å². The van der Waals surface area contributed by atoms with Gasteiger partial charge in [0.05, 0.1) is 0 Å². The van der Waals surface area contributed by atoms with Crippen LogP contribution in [0.2, 0.25) is 0 Å². The van der Waals surface area contributed by atoms with E-state index in [1.165, 1.54) is 12.8 Å². The molecule has 1 aromatic carbocycles. The summed E-state index contributed by atoms with van der Waals surface area (Å²) in [5.74, 6) is 0.128. The first-order valence-corrected chi connectivity index (χ1v) is 8.08. The number of benzene rings is 1. The highest BCUT2D eigenvalue weighted by atomic mass is 16.2. The third kappa shape index (κ3) is 2.28. The Hall–Kier alpha value is -1.94. The lowest BCUT2D eigenvalue weighted by Crippen LogP contribution is -2.48. The van der Waals surface area contributed by atoms with Gasteiger partial charge in [-0.05, 0) is 43.2 Å². The summed E-state index contributed by atoms with van der Waals surface area (Å²) >= 11 is 0. The number of nitrogens with zero attached hydrogens (tertiary/aromatic N) is 2. The van der Waals surface area contributed by atoms with Crippen molar-refractivity contribution in [3.8, 4) is 0 Å². The average Bonchev–Trinajstić information content (AvgIpc) is 2.91. The molecular weight excluding hydrogens is 274 g/mol. The molecule has 22 heavy (non-hydrogen) atoms. The van der Waals surface area contributed by atoms with Crippen molar-refractivity contribution in [3.05, 3.63) is 42.2 Å². The molecular formula is C18H21N3O. The van der Waals surface area contributed by atoms with Gasteiger partial charge in [-0.15, -0.1) is 0 Å². The fourth-order valence-corrected chi connectivity index (χ4v) is 4.01. The molecule has 2 fully saturated rings. The fraction of sp³-hybridized carbons (Fsp3) is 0.444. The first kappa shape index (κ1) is 13.7. The maximum atomic E-state index is 13.0. The van der Waals surface area contributed by atoms with Crippen molar-refractivity contribution >= 4 is 16.7 Å². The number of hydrogen-bond acceptors (Lipinski definition) is 3. The van der Waals surface area contributed by atoms with Crippen molar-refractivity contribution < 1.29 is 4.79 Å². The molecule has 4 rings (SSSR count). The van der Waals surface area contributed by atoms with Crippen LogP contribution in [-0.2, 0) is 0 Å². The van der Waals surface area contributed by atoms with Gasteiger partial charge in [-0.3, -0.25) is 9.78 Å². The monoisotopic (exact) mass is 295 g/mol. The lowest BCUT2D eigenvalue weighted by molar-refractivity contribution is 0.0683. The lowest BCUT2D eigenvalue weighted by Gasteiger charge is -2.35. The van der Waals surface area contributed by atoms with E-state index in [-0.39, 0.29) is 5.91 Å². The molecule has 4 nitrogen and oxygen atoms in total. The van der Waals surface area contributed by atoms with Gasteiger partial charge in [0.1, 0.15) is 0 Å². The van der Waals surface area contributed by atoms with Gasteiger partial charge >= 0.3 is 0 Å². The van der Waals surface area contributed by atoms with Gasteiger partial charge in [0, 0.05) is 48.5 Å². The Morgan fingerprint density at radius 3 is 2.77 bits per heavy atom. The molecule has 2 aliphatic heterocycles. The number of hydrogen-bond donors (Lipinski definition) is 1. The van der Waals surface area contributed by atoms with E-state index in [9.17, 15) is 4.79 Å². The van der Waals surface area contributed by atoms with Crippen LogP contribution in [0.1, 0.15) is 36.0 Å². The van der Waals surface area contributed by atoms with Crippen LogP contribution in [0.4, 0.5) is 0 Å². The molecule has 1 N–H and O–H groups in total. The van der Waals surface area contributed by atoms with E-state index >= 15 is 0 Å². The summed E-state index contributed by atoms with van der Waals surface area (Å²) in [7, 11) is 1.96. The van der Waals surface area contributed by atoms with E-state index in [1.54, 1.807) is 6.20 Å². The van der Waals surface area contributed by atoms with E-state index in [0.717, 1.165) is 29.2 Å². The molecule has 0 saturated carbocycles. The Morgan fingerprint density at radius 1 is 1.23 bits per heavy atom. The number of piperidine rings is 1. The van der Waals surface area contributed by atoms with Crippen LogP contribution < -0.4 is 5.32 Å². The second-order valence-corrected chi connectivity index (χ2v) is 6.58. The average molecular weight is 295 g/mol. The van der Waals surface area contributed by atoms with E-state index < -0.39 is 0 Å². The molecule has 0 radical (unpaired) electrons. The van der Waals surface area contributed by atoms with Gasteiger partial charge < -0.3 is 10.2 Å². The zero-order valence-electron chi connectivity index (χ0n) is 12.8. The number of aromatic nitrogens is 1. The Bertz CT molecular complexity index is 697. The van der Waals surface area contributed by atoms with Crippen molar-refractivity contribution in [3.63, 3.8) is 0 Å². The molecule has 1 aromatic heterocycles. The van der Waals surface area contributed by atoms with Crippen molar-refractivity contribution in [1.82, 2.24) is 15.2 Å². The molecule has 3 heterocycles. The van der Waals surface area contributed by atoms with Crippen molar-refractivity contribution in [1.29, 1.82) is 0 Å². The predicted octanol–water partition coefficient (Wildman–Crippen LogP) is 2.59. The third-order valence-electron chi connectivity index (χ3n) is 5.23. The van der Waals surface area contributed by atoms with Crippen LogP contribution >= 0.6 is 0 Å². The number of pyridine rings is 1. The normalized spacial score (nSPS) is 27.0. The van der Waals surface area contributed by atoms with Crippen molar-refractivity contribution in [2.75, 3.05) is 7.05 Å². The first-order valence-electron chi connectivity index (χ1n) is 8.08. The molecule has 114 valence electrons. The molecule has 0 spiro atoms. The van der Waals surface area contributed by atoms with Gasteiger partial charge in [0.2, 0.25) is 0 Å². The Labute approximate surface area is 130 Å². The summed E-state index contributed by atoms with van der Waals surface area (Å²) in [4.78, 5) is 19.1. The smallest absolute Gasteiger partial charge is 0.254 e. The second-order valence-electron chi connectivity index (χ2n) is 6.58. The standard InChI is InChI=1S/C18H21N3O/c1-21(15-9-13-5-6-14(10-15)20-13)18(22)17-4-2-3-12-11-19-8-7-16(12)17/h2-4,7-8,11,13-15,20H,5-6,9-10H2,1H3. The maximum absolute atomic E-state index is 13.0. The van der Waals surface area contributed by atoms with Crippen LogP contribution in [0.3, 0.4) is 0 Å². The van der Waals surface area contributed by atoms with E-state index in [2.05, 4.69) is 10.3 Å². The fourth-order valence-electron chi connectivity index (χ4n) is 4.01. The Kier molecular flexibility index (Phi) is 3.34. The number of fused-ring (bicyclic) bond motifs is 3. The van der Waals surface area contributed by atoms with Crippen molar-refractivity contribution in [2.45, 2.75) is 43.8 Å². The molecule has 2 aromatic rings. The lowest BCUT2D eigenvalue weighted by atomic mass is 9.97. The minimum Gasteiger partial charge on any atom is -0.339 e. The van der Waals surface area contributed by atoms with Crippen LogP contribution in [0, 0.1) is 0 Å². The van der Waals surface area contributed by atoms with Crippen LogP contribution in [0.5, 0.6) is 0 Å². The Balaban J connectivity index is 1.62. The topological polar surface area (TPSA) is 45.2 Å². The summed E-state index contributed by atoms with van der Waals surface area (Å²) in [6.45, 7) is 0. The summed E-state index contributed by atoms with van der Waals surface area (Å²) in [5, 5.41) is 5.65. The van der Waals surface area contributed by atoms with E-state index in [1.807, 2.05) is 42.4 Å². The van der Waals surface area contributed by atoms with Gasteiger partial charge in [-0.1, -0.05) is 12.1 Å². The van der Waals surface area contributed by atoms with Gasteiger partial charge in [-0.25, -0.2) is 0 Å². The first-order chi connectivity index (χ1) is 10.7. The molecule has 2 unspecified atom stereocenters. The zero-order valence-corrected chi connectivity index (χ0v) is 12.8. The van der Waals surface area contributed by atoms with E-state index in [0.29, 0.717) is 18.1 Å². The molecule has 2 aliphatic rings. The van der Waals surface area contributed by atoms with E-state index in [4.69, 9.17) is 0 Å². The maximum Gasteiger partial charge on any atom is 0.254 e. The largest absolute Gasteiger partial charge is 0.339 e. The molecule has 0 aliphatic carbocycles. The second kappa shape index (κ2) is 5.36. The van der Waals surface area contributed by atoms with Gasteiger partial charge in [0.25, 0.3) is 5.91 Å². The Morgan fingerprint density at radius 2 is 2.00 bits per heavy atom. The van der Waals surface area contributed by atoms with Gasteiger partial charge in [0.15, 0.2) is 0 Å². The number of carbonyl (C=O) groups is 1. The highest BCUT2D eigenvalue weighted by Gasteiger charge is 2.36. The number of carbonyl (C=O) groups excluding carboxylic acids is 1. The third-order valence-corrected chi connectivity index (χ3v) is 5.23. The number of rotatable bonds is 2. The van der Waals surface area contributed by atoms with Crippen molar-refractivity contribution in [2.24, 2.45) is 0 Å². The van der Waals surface area contributed by atoms with Crippen LogP contribution in [0.15, 0.2) is 36.7 Å². The zero-order chi connectivity index (χ0) is 15.1. The summed E-state index contributed by atoms with van der Waals surface area (Å²) in [6, 6.07) is 9.34. The van der Waals surface area contributed by atoms with Gasteiger partial charge in [-0.2, -0.15) is 0 Å². The van der Waals surface area contributed by atoms with Crippen LogP contribution in [0.25, 0.3) is 10.8 Å². The summed E-state index contributed by atoms with van der Waals surface area (Å²) < 4.78 is 0. The quantitative estimate of drug-likeness (QED) is 0.926. The molecule has 2 bridgehead atoms. The minimum absolute atomic E-state index is 0.128.